The molecule has 14 heteroatoms. The number of benzene rings is 5. The molecule has 11 rings (SSSR count). The van der Waals surface area contributed by atoms with Gasteiger partial charge in [-0.1, -0.05) is 177 Å². The molecule has 0 amide bonds. The van der Waals surface area contributed by atoms with Crippen molar-refractivity contribution >= 4 is 83.8 Å². The molecule has 0 bridgehead atoms. The van der Waals surface area contributed by atoms with Gasteiger partial charge in [-0.3, -0.25) is 4.55 Å². The van der Waals surface area contributed by atoms with E-state index in [4.69, 9.17) is 33.6 Å². The number of nitrogens with zero attached hydrogens (tertiary/aromatic N) is 8. The van der Waals surface area contributed by atoms with E-state index in [0.29, 0.717) is 0 Å². The number of fused-ring (bicyclic) bond motifs is 6. The number of furan rings is 1. The van der Waals surface area contributed by atoms with Crippen LogP contribution in [0.4, 0.5) is 17.3 Å². The number of allylic oxidation sites excluding steroid dienone is 4. The summed E-state index contributed by atoms with van der Waals surface area (Å²) in [5.74, 6) is 5.88. The van der Waals surface area contributed by atoms with Gasteiger partial charge in [-0.25, -0.2) is 19.9 Å². The molecule has 0 atom stereocenters. The fourth-order valence-electron chi connectivity index (χ4n) is 11.2. The van der Waals surface area contributed by atoms with Crippen molar-refractivity contribution in [2.75, 3.05) is 34.3 Å². The van der Waals surface area contributed by atoms with Crippen molar-refractivity contribution in [3.05, 3.63) is 185 Å². The highest BCUT2D eigenvalue weighted by Gasteiger charge is 2.34. The molecule has 456 valence electrons. The minimum absolute atomic E-state index is 0.0666. The van der Waals surface area contributed by atoms with Crippen molar-refractivity contribution in [1.82, 2.24) is 24.5 Å². The molecule has 5 aromatic carbocycles. The van der Waals surface area contributed by atoms with Crippen LogP contribution in [-0.2, 0) is 29.5 Å². The first-order chi connectivity index (χ1) is 42.5. The Kier molecular flexibility index (Phi) is 22.6. The minimum atomic E-state index is -4.02. The minimum Gasteiger partial charge on any atom is -0.456 e. The van der Waals surface area contributed by atoms with Gasteiger partial charge in [-0.2, -0.15) is 8.42 Å². The number of aromatic nitrogens is 5. The lowest BCUT2D eigenvalue weighted by Crippen LogP contribution is -2.30. The first kappa shape index (κ1) is 63.4. The van der Waals surface area contributed by atoms with Crippen molar-refractivity contribution in [1.29, 1.82) is 0 Å². The van der Waals surface area contributed by atoms with E-state index in [0.717, 1.165) is 182 Å². The van der Waals surface area contributed by atoms with E-state index in [1.54, 1.807) is 12.1 Å². The molecular weight excluding hydrogens is 1100 g/mol. The van der Waals surface area contributed by atoms with Crippen LogP contribution in [-0.4, -0.2) is 57.1 Å². The van der Waals surface area contributed by atoms with Gasteiger partial charge in [0.25, 0.3) is 10.1 Å². The summed E-state index contributed by atoms with van der Waals surface area (Å²) in [4.78, 5) is 27.7. The predicted octanol–water partition coefficient (Wildman–Crippen LogP) is 18.8. The Morgan fingerprint density at radius 1 is 0.517 bits per heavy atom. The maximum absolute atomic E-state index is 10.5. The third-order valence-electron chi connectivity index (χ3n) is 16.0. The summed E-state index contributed by atoms with van der Waals surface area (Å²) in [6.07, 6.45) is 31.2. The number of aryl methyl sites for hydroxylation is 4. The molecule has 87 heavy (non-hydrogen) atoms. The molecular formula is C73H88N8O5S. The molecule has 0 radical (unpaired) electrons. The molecule has 2 aliphatic heterocycles. The van der Waals surface area contributed by atoms with Crippen molar-refractivity contribution in [2.24, 2.45) is 0 Å². The van der Waals surface area contributed by atoms with Crippen LogP contribution in [0.2, 0.25) is 0 Å². The zero-order valence-electron chi connectivity index (χ0n) is 52.2. The maximum Gasteiger partial charge on any atom is 0.294 e. The van der Waals surface area contributed by atoms with Gasteiger partial charge in [0, 0.05) is 48.4 Å². The molecule has 2 aliphatic rings. The average Bonchev–Trinajstić information content (AvgIpc) is 1.87. The van der Waals surface area contributed by atoms with Crippen LogP contribution >= 0.6 is 0 Å². The van der Waals surface area contributed by atoms with E-state index in [1.807, 2.05) is 43.3 Å². The van der Waals surface area contributed by atoms with Crippen LogP contribution < -0.4 is 19.4 Å². The number of para-hydroxylation sites is 7. The standard InChI is InChI=1S/C38H47N7.C28H33NO2.C7H8O3S/c1-5-9-18-28-33(43(25-10-6-2)36-35(28)39-29-19-13-14-20-30(29)40-36)23-17-24-34-44(26-11-7-3)37-38(45(34)27-12-8-4)42-32-22-16-15-21-31(32)41-37;1-3-5-7-14-22-23-15-8-10-17-25(23)30-26(22)19-13-20-28-29(21-12-6-4-2)24-16-9-11-18-27(24)31-28;1-6-2-4-7(5-3-6)11(8,9)10/h13-17,19-24H,5-12,18,25-27H2,1-4H3;8-11,13,15-20H,3-7,12,14,21H2,1-2H3;2-5H,1H3,(H,8,9,10)/b;19-13+,28-20-;. The Balaban J connectivity index is 0.000000185. The fourth-order valence-corrected chi connectivity index (χ4v) is 11.7. The lowest BCUT2D eigenvalue weighted by atomic mass is 10.0. The second-order valence-electron chi connectivity index (χ2n) is 22.6. The van der Waals surface area contributed by atoms with Crippen LogP contribution in [0.1, 0.15) is 160 Å². The van der Waals surface area contributed by atoms with Gasteiger partial charge in [-0.15, -0.1) is 0 Å². The highest BCUT2D eigenvalue weighted by atomic mass is 32.2. The second kappa shape index (κ2) is 31.0. The van der Waals surface area contributed by atoms with Gasteiger partial charge in [0.2, 0.25) is 5.88 Å². The molecule has 9 aromatic rings. The number of unbranched alkanes of at least 4 members (excludes halogenated alkanes) is 8. The molecule has 0 saturated heterocycles. The third-order valence-corrected chi connectivity index (χ3v) is 16.8. The van der Waals surface area contributed by atoms with Crippen molar-refractivity contribution < 1.29 is 22.1 Å². The summed E-state index contributed by atoms with van der Waals surface area (Å²) in [5.41, 5.74) is 12.8. The highest BCUT2D eigenvalue weighted by Crippen LogP contribution is 2.42. The second-order valence-corrected chi connectivity index (χ2v) is 24.0. The van der Waals surface area contributed by atoms with E-state index >= 15 is 0 Å². The molecule has 0 fully saturated rings. The van der Waals surface area contributed by atoms with Crippen LogP contribution in [0.25, 0.3) is 56.4 Å². The quantitative estimate of drug-likeness (QED) is 0.0430. The van der Waals surface area contributed by atoms with Crippen molar-refractivity contribution in [2.45, 2.75) is 163 Å². The van der Waals surface area contributed by atoms with E-state index in [9.17, 15) is 8.42 Å². The Hall–Kier alpha value is -8.07. The first-order valence-electron chi connectivity index (χ1n) is 31.9. The van der Waals surface area contributed by atoms with E-state index in [2.05, 4.69) is 158 Å². The normalized spacial score (nSPS) is 13.5. The van der Waals surface area contributed by atoms with Gasteiger partial charge in [0.1, 0.15) is 22.7 Å². The Morgan fingerprint density at radius 3 is 1.70 bits per heavy atom. The van der Waals surface area contributed by atoms with Gasteiger partial charge in [-0.05, 0) is 137 Å². The molecule has 6 heterocycles. The summed E-state index contributed by atoms with van der Waals surface area (Å²) < 4.78 is 44.3. The van der Waals surface area contributed by atoms with Crippen LogP contribution in [0.5, 0.6) is 5.75 Å². The number of rotatable bonds is 25. The summed E-state index contributed by atoms with van der Waals surface area (Å²) in [7, 11) is -4.02. The predicted molar refractivity (Wildman–Crippen MR) is 361 cm³/mol. The van der Waals surface area contributed by atoms with Crippen molar-refractivity contribution in [3.63, 3.8) is 0 Å². The molecule has 13 nitrogen and oxygen atoms in total. The van der Waals surface area contributed by atoms with Gasteiger partial charge in [0.05, 0.1) is 32.6 Å². The van der Waals surface area contributed by atoms with Gasteiger partial charge < -0.3 is 28.4 Å². The molecule has 1 N–H and O–H groups in total. The molecule has 4 aromatic heterocycles. The number of anilines is 3. The van der Waals surface area contributed by atoms with Crippen molar-refractivity contribution in [3.8, 4) is 5.75 Å². The lowest BCUT2D eigenvalue weighted by Gasteiger charge is -2.24. The summed E-state index contributed by atoms with van der Waals surface area (Å²) in [5, 5.41) is 1.23. The smallest absolute Gasteiger partial charge is 0.294 e. The van der Waals surface area contributed by atoms with E-state index in [1.165, 1.54) is 66.4 Å². The Labute approximate surface area is 516 Å². The third kappa shape index (κ3) is 15.6. The lowest BCUT2D eigenvalue weighted by molar-refractivity contribution is 0.436. The number of hydrogen-bond donors (Lipinski definition) is 1. The fraction of sp³-hybridized carbons (Fsp3) is 0.370. The highest BCUT2D eigenvalue weighted by molar-refractivity contribution is 7.85. The molecule has 0 unspecified atom stereocenters. The van der Waals surface area contributed by atoms with Crippen LogP contribution in [0.3, 0.4) is 0 Å². The zero-order valence-corrected chi connectivity index (χ0v) is 53.0. The topological polar surface area (TPSA) is 143 Å². The maximum atomic E-state index is 10.5. The molecule has 0 spiro atoms. The average molecular weight is 1190 g/mol. The van der Waals surface area contributed by atoms with Gasteiger partial charge in [0.15, 0.2) is 23.0 Å². The number of ether oxygens (including phenoxy) is 1. The summed E-state index contributed by atoms with van der Waals surface area (Å²) >= 11 is 0. The Morgan fingerprint density at radius 2 is 1.06 bits per heavy atom. The van der Waals surface area contributed by atoms with Crippen LogP contribution in [0, 0.1) is 6.92 Å². The first-order valence-corrected chi connectivity index (χ1v) is 33.4. The number of hydrogen-bond acceptors (Lipinski definition) is 11. The summed E-state index contributed by atoms with van der Waals surface area (Å²) in [6.45, 7) is 19.1. The van der Waals surface area contributed by atoms with Crippen LogP contribution in [0.15, 0.2) is 167 Å². The largest absolute Gasteiger partial charge is 0.456 e. The monoisotopic (exact) mass is 1190 g/mol. The zero-order chi connectivity index (χ0) is 61.1. The van der Waals surface area contributed by atoms with E-state index in [-0.39, 0.29) is 4.90 Å². The SMILES string of the molecule is CCCCCc1c(/C=C/C=C2\Oc3ccccc3N2CCCCC)oc2ccccc12.CCCCc1c(C=CC=C2N(CCCC)c3nc4ccccc4nc3N2CCCC)n(CCCC)c2nc3ccccc3nc12.Cc1ccc(S(=O)(=O)O)cc1. The molecule has 0 aliphatic carbocycles. The van der Waals surface area contributed by atoms with E-state index < -0.39 is 10.1 Å². The summed E-state index contributed by atoms with van der Waals surface area (Å²) in [6, 6.07) is 39.1. The molecule has 0 saturated carbocycles. The van der Waals surface area contributed by atoms with Gasteiger partial charge >= 0.3 is 0 Å². The Bertz CT molecular complexity index is 3850.